The molecule has 1 aromatic rings. The smallest absolute Gasteiger partial charge is 0.407 e. The first-order valence-electron chi connectivity index (χ1n) is 13.1. The van der Waals surface area contributed by atoms with Gasteiger partial charge in [0.05, 0.1) is 0 Å². The first kappa shape index (κ1) is 31.7. The molecule has 0 aliphatic carbocycles. The van der Waals surface area contributed by atoms with E-state index in [4.69, 9.17) is 21.1 Å². The van der Waals surface area contributed by atoms with Gasteiger partial charge in [-0.05, 0) is 38.2 Å². The number of rotatable bonds is 21. The lowest BCUT2D eigenvalue weighted by Gasteiger charge is -2.14. The third-order valence-electron chi connectivity index (χ3n) is 5.89. The summed E-state index contributed by atoms with van der Waals surface area (Å²) in [5.41, 5.74) is 0.721. The highest BCUT2D eigenvalue weighted by molar-refractivity contribution is 6.31. The molecule has 36 heavy (non-hydrogen) atoms. The fraction of sp³-hybridized carbons (Fsp3) is 0.667. The number of halogens is 1. The van der Waals surface area contributed by atoms with Crippen LogP contribution in [0.3, 0.4) is 0 Å². The van der Waals surface area contributed by atoms with Crippen molar-refractivity contribution in [3.05, 3.63) is 34.9 Å². The van der Waals surface area contributed by atoms with Crippen molar-refractivity contribution in [2.75, 3.05) is 20.3 Å². The van der Waals surface area contributed by atoms with Crippen molar-refractivity contribution >= 4 is 29.6 Å². The molecule has 8 nitrogen and oxygen atoms in total. The van der Waals surface area contributed by atoms with Crippen LogP contribution < -0.4 is 10.6 Å². The van der Waals surface area contributed by atoms with Crippen LogP contribution in [0.2, 0.25) is 5.02 Å². The average Bonchev–Trinajstić information content (AvgIpc) is 2.85. The molecule has 0 heterocycles. The molecule has 0 unspecified atom stereocenters. The number of methoxy groups -OCH3 is 1. The van der Waals surface area contributed by atoms with Gasteiger partial charge < -0.3 is 25.2 Å². The second kappa shape index (κ2) is 20.8. The lowest BCUT2D eigenvalue weighted by molar-refractivity contribution is -0.142. The Morgan fingerprint density at radius 3 is 2.19 bits per heavy atom. The maximum Gasteiger partial charge on any atom is 0.407 e. The van der Waals surface area contributed by atoms with Gasteiger partial charge in [-0.1, -0.05) is 74.7 Å². The van der Waals surface area contributed by atoms with E-state index >= 15 is 0 Å². The summed E-state index contributed by atoms with van der Waals surface area (Å²) in [4.78, 5) is 35.4. The minimum absolute atomic E-state index is 0.0773. The van der Waals surface area contributed by atoms with Gasteiger partial charge in [0.1, 0.15) is 12.6 Å². The Balaban J connectivity index is 2.06. The summed E-state index contributed by atoms with van der Waals surface area (Å²) in [6.07, 6.45) is 11.3. The molecule has 0 fully saturated rings. The fourth-order valence-electron chi connectivity index (χ4n) is 3.77. The summed E-state index contributed by atoms with van der Waals surface area (Å²) in [7, 11) is 1.73. The molecule has 9 heteroatoms. The standard InChI is InChI=1S/C27H43ClN2O6/c1-35-20-14-8-6-4-2-3-5-7-9-18-25(31)30-24(26(32)33)17-12-13-19-29-27(34)36-21-22-15-10-11-16-23(22)28/h10-11,15-16,24H,2-9,12-14,17-21H2,1H3,(H,29,34)(H,30,31)(H,32,33)/t24-/m1/s1. The Kier molecular flexibility index (Phi) is 18.3. The molecule has 1 aromatic carbocycles. The molecule has 2 amide bonds. The van der Waals surface area contributed by atoms with Crippen molar-refractivity contribution in [2.24, 2.45) is 0 Å². The average molecular weight is 527 g/mol. The van der Waals surface area contributed by atoms with Gasteiger partial charge in [-0.15, -0.1) is 0 Å². The zero-order valence-electron chi connectivity index (χ0n) is 21.6. The molecule has 0 saturated carbocycles. The minimum atomic E-state index is -1.04. The van der Waals surface area contributed by atoms with E-state index in [-0.39, 0.29) is 12.5 Å². The molecule has 0 aliphatic heterocycles. The van der Waals surface area contributed by atoms with Crippen molar-refractivity contribution in [2.45, 2.75) is 96.1 Å². The largest absolute Gasteiger partial charge is 0.480 e. The van der Waals surface area contributed by atoms with E-state index in [9.17, 15) is 19.5 Å². The summed E-state index contributed by atoms with van der Waals surface area (Å²) < 4.78 is 10.2. The molecular weight excluding hydrogens is 484 g/mol. The van der Waals surface area contributed by atoms with Gasteiger partial charge in [-0.2, -0.15) is 0 Å². The van der Waals surface area contributed by atoms with Crippen molar-refractivity contribution in [1.29, 1.82) is 0 Å². The number of carboxylic acid groups (broad SMARTS) is 1. The van der Waals surface area contributed by atoms with E-state index in [0.717, 1.165) is 37.9 Å². The molecule has 0 bridgehead atoms. The SMILES string of the molecule is COCCCCCCCCCCCC(=O)N[C@H](CCCCNC(=O)OCc1ccccc1Cl)C(=O)O. The maximum atomic E-state index is 12.1. The van der Waals surface area contributed by atoms with Crippen molar-refractivity contribution in [3.63, 3.8) is 0 Å². The third-order valence-corrected chi connectivity index (χ3v) is 6.26. The first-order valence-corrected chi connectivity index (χ1v) is 13.5. The van der Waals surface area contributed by atoms with E-state index in [0.29, 0.717) is 37.3 Å². The number of nitrogens with one attached hydrogen (secondary N) is 2. The maximum absolute atomic E-state index is 12.1. The van der Waals surface area contributed by atoms with Gasteiger partial charge in [-0.25, -0.2) is 9.59 Å². The molecule has 1 atom stereocenters. The number of carboxylic acids is 1. The summed E-state index contributed by atoms with van der Waals surface area (Å²) in [5, 5.41) is 15.2. The second-order valence-corrected chi connectivity index (χ2v) is 9.38. The van der Waals surface area contributed by atoms with Crippen LogP contribution in [-0.2, 0) is 25.7 Å². The van der Waals surface area contributed by atoms with Gasteiger partial charge >= 0.3 is 12.1 Å². The molecule has 3 N–H and O–H groups in total. The van der Waals surface area contributed by atoms with Crippen LogP contribution in [0.5, 0.6) is 0 Å². The van der Waals surface area contributed by atoms with Gasteiger partial charge in [-0.3, -0.25) is 4.79 Å². The first-order chi connectivity index (χ1) is 17.4. The highest BCUT2D eigenvalue weighted by Gasteiger charge is 2.19. The van der Waals surface area contributed by atoms with Crippen LogP contribution >= 0.6 is 11.6 Å². The van der Waals surface area contributed by atoms with E-state index in [1.54, 1.807) is 25.3 Å². The normalized spacial score (nSPS) is 11.6. The number of unbranched alkanes of at least 4 members (excludes halogenated alkanes) is 9. The summed E-state index contributed by atoms with van der Waals surface area (Å²) in [6, 6.07) is 6.21. The number of hydrogen-bond acceptors (Lipinski definition) is 5. The van der Waals surface area contributed by atoms with Crippen LogP contribution in [0.4, 0.5) is 4.79 Å². The van der Waals surface area contributed by atoms with Crippen molar-refractivity contribution < 1.29 is 29.0 Å². The Morgan fingerprint density at radius 1 is 0.917 bits per heavy atom. The lowest BCUT2D eigenvalue weighted by Crippen LogP contribution is -2.40. The second-order valence-electron chi connectivity index (χ2n) is 8.97. The van der Waals surface area contributed by atoms with Crippen molar-refractivity contribution in [3.8, 4) is 0 Å². The van der Waals surface area contributed by atoms with Gasteiger partial charge in [0.2, 0.25) is 5.91 Å². The van der Waals surface area contributed by atoms with Crippen molar-refractivity contribution in [1.82, 2.24) is 10.6 Å². The van der Waals surface area contributed by atoms with E-state index in [1.165, 1.54) is 32.1 Å². The molecular formula is C27H43ClN2O6. The molecule has 0 saturated heterocycles. The van der Waals surface area contributed by atoms with Crippen LogP contribution in [-0.4, -0.2) is 49.4 Å². The number of alkyl carbamates (subject to hydrolysis) is 1. The number of carbonyl (C=O) groups excluding carboxylic acids is 2. The number of benzene rings is 1. The van der Waals surface area contributed by atoms with Gasteiger partial charge in [0.25, 0.3) is 0 Å². The zero-order chi connectivity index (χ0) is 26.4. The number of aliphatic carboxylic acids is 1. The highest BCUT2D eigenvalue weighted by Crippen LogP contribution is 2.15. The number of carbonyl (C=O) groups is 3. The van der Waals surface area contributed by atoms with Crippen LogP contribution in [0.1, 0.15) is 89.0 Å². The predicted octanol–water partition coefficient (Wildman–Crippen LogP) is 5.85. The predicted molar refractivity (Wildman–Crippen MR) is 141 cm³/mol. The topological polar surface area (TPSA) is 114 Å². The quantitative estimate of drug-likeness (QED) is 0.173. The Bertz CT molecular complexity index is 762. The zero-order valence-corrected chi connectivity index (χ0v) is 22.3. The van der Waals surface area contributed by atoms with E-state index in [2.05, 4.69) is 10.6 Å². The Morgan fingerprint density at radius 2 is 1.56 bits per heavy atom. The fourth-order valence-corrected chi connectivity index (χ4v) is 3.96. The third kappa shape index (κ3) is 16.4. The monoisotopic (exact) mass is 526 g/mol. The number of amides is 2. The summed E-state index contributed by atoms with van der Waals surface area (Å²) >= 11 is 6.03. The van der Waals surface area contributed by atoms with Crippen LogP contribution in [0, 0.1) is 0 Å². The van der Waals surface area contributed by atoms with Crippen LogP contribution in [0.15, 0.2) is 24.3 Å². The Hall–Kier alpha value is -2.32. The summed E-state index contributed by atoms with van der Waals surface area (Å²) in [5.74, 6) is -1.26. The molecule has 1 rings (SSSR count). The van der Waals surface area contributed by atoms with Crippen LogP contribution in [0.25, 0.3) is 0 Å². The molecule has 0 aliphatic rings. The van der Waals surface area contributed by atoms with Gasteiger partial charge in [0.15, 0.2) is 0 Å². The molecule has 0 spiro atoms. The lowest BCUT2D eigenvalue weighted by atomic mass is 10.1. The molecule has 0 radical (unpaired) electrons. The van der Waals surface area contributed by atoms with E-state index < -0.39 is 18.1 Å². The summed E-state index contributed by atoms with van der Waals surface area (Å²) in [6.45, 7) is 1.27. The van der Waals surface area contributed by atoms with E-state index in [1.807, 2.05) is 6.07 Å². The molecule has 204 valence electrons. The number of ether oxygens (including phenoxy) is 2. The number of hydrogen-bond donors (Lipinski definition) is 3. The highest BCUT2D eigenvalue weighted by atomic mass is 35.5. The molecule has 0 aromatic heterocycles. The van der Waals surface area contributed by atoms with Gasteiger partial charge in [0, 0.05) is 37.3 Å². The Labute approximate surface area is 220 Å². The minimum Gasteiger partial charge on any atom is -0.480 e.